The van der Waals surface area contributed by atoms with Crippen LogP contribution in [-0.2, 0) is 23.8 Å². The molecule has 142 valence electrons. The van der Waals surface area contributed by atoms with Crippen molar-refractivity contribution in [2.24, 2.45) is 5.41 Å². The van der Waals surface area contributed by atoms with E-state index in [1.807, 2.05) is 0 Å². The Balaban J connectivity index is 3.13. The molecule has 6 nitrogen and oxygen atoms in total. The predicted molar refractivity (Wildman–Crippen MR) is 92.1 cm³/mol. The number of benzene rings is 1. The first-order valence-electron chi connectivity index (χ1n) is 8.16. The number of hydrogen-bond donors (Lipinski definition) is 0. The summed E-state index contributed by atoms with van der Waals surface area (Å²) in [6.45, 7) is 6.40. The Kier molecular flexibility index (Phi) is 7.49. The molecule has 1 aromatic carbocycles. The third kappa shape index (κ3) is 4.28. The zero-order valence-electron chi connectivity index (χ0n) is 15.1. The summed E-state index contributed by atoms with van der Waals surface area (Å²) < 4.78 is 30.3. The molecule has 0 spiro atoms. The van der Waals surface area contributed by atoms with Crippen LogP contribution in [0.1, 0.15) is 31.1 Å². The minimum absolute atomic E-state index is 0.0646. The van der Waals surface area contributed by atoms with Crippen LogP contribution in [0.2, 0.25) is 0 Å². The summed E-state index contributed by atoms with van der Waals surface area (Å²) in [5.74, 6) is -3.06. The second-order valence-corrected chi connectivity index (χ2v) is 5.57. The predicted octanol–water partition coefficient (Wildman–Crippen LogP) is 2.87. The summed E-state index contributed by atoms with van der Waals surface area (Å²) >= 11 is 0. The molecule has 0 saturated carbocycles. The highest BCUT2D eigenvalue weighted by Gasteiger charge is 2.61. The highest BCUT2D eigenvalue weighted by Crippen LogP contribution is 2.39. The summed E-state index contributed by atoms with van der Waals surface area (Å²) in [5, 5.41) is 0. The van der Waals surface area contributed by atoms with Crippen LogP contribution >= 0.6 is 0 Å². The van der Waals surface area contributed by atoms with Crippen molar-refractivity contribution in [1.29, 1.82) is 0 Å². The lowest BCUT2D eigenvalue weighted by molar-refractivity contribution is -0.182. The zero-order valence-corrected chi connectivity index (χ0v) is 15.1. The average molecular weight is 366 g/mol. The molecular weight excluding hydrogens is 343 g/mol. The Morgan fingerprint density at radius 2 is 1.54 bits per heavy atom. The van der Waals surface area contributed by atoms with Crippen LogP contribution in [0.3, 0.4) is 0 Å². The lowest BCUT2D eigenvalue weighted by Crippen LogP contribution is -2.56. The first-order valence-corrected chi connectivity index (χ1v) is 8.16. The molecule has 0 unspecified atom stereocenters. The van der Waals surface area contributed by atoms with E-state index in [0.717, 1.165) is 13.0 Å². The maximum atomic E-state index is 15.6. The van der Waals surface area contributed by atoms with Crippen LogP contribution in [0, 0.1) is 5.41 Å². The maximum absolute atomic E-state index is 15.6. The molecule has 0 bridgehead atoms. The molecule has 1 atom stereocenters. The van der Waals surface area contributed by atoms with Crippen LogP contribution in [0.25, 0.3) is 0 Å². The number of alkyl halides is 1. The molecule has 0 aromatic heterocycles. The highest BCUT2D eigenvalue weighted by molar-refractivity contribution is 6.01. The van der Waals surface area contributed by atoms with Gasteiger partial charge in [-0.1, -0.05) is 24.8 Å². The van der Waals surface area contributed by atoms with Gasteiger partial charge in [-0.05, 0) is 39.0 Å². The summed E-state index contributed by atoms with van der Waals surface area (Å²) in [7, 11) is 0. The second kappa shape index (κ2) is 9.12. The van der Waals surface area contributed by atoms with Crippen LogP contribution in [0.4, 0.5) is 4.39 Å². The zero-order chi connectivity index (χ0) is 19.8. The fraction of sp³-hybridized carbons (Fsp3) is 0.421. The molecule has 0 aliphatic rings. The van der Waals surface area contributed by atoms with Crippen molar-refractivity contribution in [3.63, 3.8) is 0 Å². The van der Waals surface area contributed by atoms with Crippen molar-refractivity contribution in [3.05, 3.63) is 48.6 Å². The van der Waals surface area contributed by atoms with Gasteiger partial charge in [0, 0.05) is 0 Å². The fourth-order valence-electron chi connectivity index (χ4n) is 2.21. The molecule has 0 aliphatic heterocycles. The first-order chi connectivity index (χ1) is 12.3. The Morgan fingerprint density at radius 1 is 1.04 bits per heavy atom. The normalized spacial score (nSPS) is 13.2. The molecular formula is C19H23FO6. The molecule has 0 heterocycles. The topological polar surface area (TPSA) is 78.9 Å². The molecule has 0 radical (unpaired) electrons. The van der Waals surface area contributed by atoms with E-state index in [1.54, 1.807) is 18.2 Å². The van der Waals surface area contributed by atoms with E-state index < -0.39 is 35.6 Å². The van der Waals surface area contributed by atoms with E-state index in [2.05, 4.69) is 6.58 Å². The Hall–Kier alpha value is -2.70. The number of halogens is 1. The molecule has 0 N–H and O–H groups in total. The van der Waals surface area contributed by atoms with Crippen LogP contribution in [0.15, 0.2) is 43.0 Å². The second-order valence-electron chi connectivity index (χ2n) is 5.57. The van der Waals surface area contributed by atoms with Crippen molar-refractivity contribution in [2.75, 3.05) is 19.8 Å². The van der Waals surface area contributed by atoms with Gasteiger partial charge in [-0.15, -0.1) is 0 Å². The van der Waals surface area contributed by atoms with E-state index in [4.69, 9.17) is 14.2 Å². The number of esters is 3. The van der Waals surface area contributed by atoms with Crippen LogP contribution in [-0.4, -0.2) is 43.4 Å². The smallest absolute Gasteiger partial charge is 0.338 e. The standard InChI is InChI=1S/C19H23FO6/c1-5-19(20,13-26-15(21)14-11-9-8-10-12-14)18(4,16(22)24-6-2)17(23)25-7-3/h5,8-12H,1,6-7,13H2,2-4H3/t19-/m1/s1. The molecule has 7 heteroatoms. The minimum Gasteiger partial charge on any atom is -0.465 e. The lowest BCUT2D eigenvalue weighted by atomic mass is 9.74. The summed E-state index contributed by atoms with van der Waals surface area (Å²) in [4.78, 5) is 36.8. The largest absolute Gasteiger partial charge is 0.465 e. The number of carbonyl (C=O) groups is 3. The number of ether oxygens (including phenoxy) is 3. The van der Waals surface area contributed by atoms with Gasteiger partial charge in [-0.3, -0.25) is 9.59 Å². The van der Waals surface area contributed by atoms with Gasteiger partial charge in [0.15, 0.2) is 5.67 Å². The number of carbonyl (C=O) groups excluding carboxylic acids is 3. The van der Waals surface area contributed by atoms with E-state index in [1.165, 1.54) is 26.0 Å². The van der Waals surface area contributed by atoms with Gasteiger partial charge in [-0.2, -0.15) is 0 Å². The molecule has 1 aromatic rings. The van der Waals surface area contributed by atoms with Crippen LogP contribution in [0.5, 0.6) is 0 Å². The van der Waals surface area contributed by atoms with Gasteiger partial charge < -0.3 is 14.2 Å². The third-order valence-electron chi connectivity index (χ3n) is 3.94. The van der Waals surface area contributed by atoms with Crippen molar-refractivity contribution in [2.45, 2.75) is 26.4 Å². The summed E-state index contributed by atoms with van der Waals surface area (Å²) in [6.07, 6.45) is 0.749. The van der Waals surface area contributed by atoms with Gasteiger partial charge >= 0.3 is 17.9 Å². The Bertz CT molecular complexity index is 639. The van der Waals surface area contributed by atoms with Crippen LogP contribution < -0.4 is 0 Å². The third-order valence-corrected chi connectivity index (χ3v) is 3.94. The monoisotopic (exact) mass is 366 g/mol. The molecule has 0 fully saturated rings. The average Bonchev–Trinajstić information content (AvgIpc) is 2.66. The van der Waals surface area contributed by atoms with E-state index in [9.17, 15) is 14.4 Å². The Labute approximate surface area is 151 Å². The van der Waals surface area contributed by atoms with Gasteiger partial charge in [-0.25, -0.2) is 9.18 Å². The minimum atomic E-state index is -2.73. The fourth-order valence-corrected chi connectivity index (χ4v) is 2.21. The van der Waals surface area contributed by atoms with Crippen molar-refractivity contribution in [3.8, 4) is 0 Å². The van der Waals surface area contributed by atoms with Crippen molar-refractivity contribution < 1.29 is 33.0 Å². The molecule has 0 aliphatic carbocycles. The van der Waals surface area contributed by atoms with Crippen molar-refractivity contribution >= 4 is 17.9 Å². The maximum Gasteiger partial charge on any atom is 0.338 e. The molecule has 0 amide bonds. The van der Waals surface area contributed by atoms with Gasteiger partial charge in [0.25, 0.3) is 0 Å². The molecule has 26 heavy (non-hydrogen) atoms. The molecule has 0 saturated heterocycles. The van der Waals surface area contributed by atoms with E-state index >= 15 is 4.39 Å². The summed E-state index contributed by atoms with van der Waals surface area (Å²) in [6, 6.07) is 7.93. The quantitative estimate of drug-likeness (QED) is 0.289. The van der Waals surface area contributed by atoms with E-state index in [0.29, 0.717) is 0 Å². The van der Waals surface area contributed by atoms with Gasteiger partial charge in [0.05, 0.1) is 18.8 Å². The van der Waals surface area contributed by atoms with Crippen molar-refractivity contribution in [1.82, 2.24) is 0 Å². The highest BCUT2D eigenvalue weighted by atomic mass is 19.1. The first kappa shape index (κ1) is 21.3. The Morgan fingerprint density at radius 3 is 1.96 bits per heavy atom. The summed E-state index contributed by atoms with van der Waals surface area (Å²) in [5.41, 5.74) is -4.90. The number of rotatable bonds is 9. The SMILES string of the molecule is C=C[C@@](F)(COC(=O)c1ccccc1)C(C)(C(=O)OCC)C(=O)OCC. The van der Waals surface area contributed by atoms with E-state index in [-0.39, 0.29) is 18.8 Å². The van der Waals surface area contributed by atoms with Gasteiger partial charge in [0.2, 0.25) is 5.41 Å². The lowest BCUT2D eigenvalue weighted by Gasteiger charge is -2.36. The number of hydrogen-bond acceptors (Lipinski definition) is 6. The molecule has 1 rings (SSSR count). The van der Waals surface area contributed by atoms with Gasteiger partial charge in [0.1, 0.15) is 6.61 Å².